The fraction of sp³-hybridized carbons (Fsp3) is 0.267. The Balaban J connectivity index is 1.47. The molecule has 1 aliphatic heterocycles. The van der Waals surface area contributed by atoms with Gasteiger partial charge in [-0.25, -0.2) is 15.0 Å². The van der Waals surface area contributed by atoms with Crippen LogP contribution in [0.4, 0.5) is 10.9 Å². The van der Waals surface area contributed by atoms with Gasteiger partial charge in [0.25, 0.3) is 0 Å². The average molecular weight is 398 g/mol. The number of halogens is 2. The number of pyridine rings is 1. The number of hydrogen-bond acceptors (Lipinski definition) is 7. The summed E-state index contributed by atoms with van der Waals surface area (Å²) in [5, 5.41) is 11.6. The number of fused-ring (bicyclic) bond motifs is 1. The van der Waals surface area contributed by atoms with Crippen molar-refractivity contribution in [1.29, 1.82) is 0 Å². The molecular weight excluding hydrogens is 385 g/mol. The summed E-state index contributed by atoms with van der Waals surface area (Å²) in [4.78, 5) is 14.1. The second-order valence-electron chi connectivity index (χ2n) is 5.39. The summed E-state index contributed by atoms with van der Waals surface area (Å²) in [7, 11) is 0. The van der Waals surface area contributed by atoms with Crippen LogP contribution in [0.2, 0.25) is 10.2 Å². The highest BCUT2D eigenvalue weighted by atomic mass is 35.5. The maximum atomic E-state index is 6.33. The number of thiazole rings is 2. The van der Waals surface area contributed by atoms with Crippen molar-refractivity contribution in [1.82, 2.24) is 15.0 Å². The molecule has 0 saturated carbocycles. The molecule has 3 aromatic heterocycles. The Morgan fingerprint density at radius 2 is 2.25 bits per heavy atom. The largest absolute Gasteiger partial charge is 0.369 e. The molecule has 5 nitrogen and oxygen atoms in total. The van der Waals surface area contributed by atoms with Crippen molar-refractivity contribution in [2.75, 3.05) is 17.2 Å². The third-order valence-corrected chi connectivity index (χ3v) is 6.24. The highest BCUT2D eigenvalue weighted by molar-refractivity contribution is 7.16. The van der Waals surface area contributed by atoms with Crippen molar-refractivity contribution in [2.45, 2.75) is 18.9 Å². The van der Waals surface area contributed by atoms with Gasteiger partial charge in [0.2, 0.25) is 0 Å². The lowest BCUT2D eigenvalue weighted by molar-refractivity contribution is 0.760. The Morgan fingerprint density at radius 1 is 1.33 bits per heavy atom. The number of nitrogens with one attached hydrogen (secondary N) is 2. The van der Waals surface area contributed by atoms with Gasteiger partial charge in [0.05, 0.1) is 11.6 Å². The molecule has 4 heterocycles. The molecule has 124 valence electrons. The van der Waals surface area contributed by atoms with E-state index in [2.05, 4.69) is 25.6 Å². The van der Waals surface area contributed by atoms with Crippen molar-refractivity contribution in [3.05, 3.63) is 49.5 Å². The van der Waals surface area contributed by atoms with Gasteiger partial charge in [-0.15, -0.1) is 22.7 Å². The lowest BCUT2D eigenvalue weighted by Crippen LogP contribution is -2.04. The molecule has 9 heteroatoms. The quantitative estimate of drug-likeness (QED) is 0.654. The average Bonchev–Trinajstić information content (AvgIpc) is 3.28. The van der Waals surface area contributed by atoms with E-state index in [0.29, 0.717) is 22.6 Å². The summed E-state index contributed by atoms with van der Waals surface area (Å²) in [6.45, 7) is 1.49. The summed E-state index contributed by atoms with van der Waals surface area (Å²) >= 11 is 15.6. The van der Waals surface area contributed by atoms with Crippen molar-refractivity contribution in [3.63, 3.8) is 0 Å². The molecule has 0 amide bonds. The summed E-state index contributed by atoms with van der Waals surface area (Å²) in [6.07, 6.45) is 4.28. The standard InChI is InChI=1S/C15H13Cl2N5S2/c16-9-4-10-8(5-19-14(10)20-6-9)3-11-13(17)22-15(24-11)21-7-12-18-1-2-23-12/h1-2,4,6,8H,3,5,7H2,(H,19,20)(H,21,22). The first kappa shape index (κ1) is 16.1. The SMILES string of the molecule is Clc1cnc2c(c1)C(Cc1sc(NCc3nccs3)nc1Cl)CN2. The number of aromatic nitrogens is 3. The molecule has 0 saturated heterocycles. The minimum absolute atomic E-state index is 0.302. The molecule has 0 radical (unpaired) electrons. The second kappa shape index (κ2) is 6.84. The molecule has 0 bridgehead atoms. The monoisotopic (exact) mass is 397 g/mol. The van der Waals surface area contributed by atoms with E-state index in [1.54, 1.807) is 35.1 Å². The maximum Gasteiger partial charge on any atom is 0.184 e. The first-order valence-electron chi connectivity index (χ1n) is 7.36. The van der Waals surface area contributed by atoms with Crippen LogP contribution < -0.4 is 10.6 Å². The first-order valence-corrected chi connectivity index (χ1v) is 9.81. The van der Waals surface area contributed by atoms with Crippen molar-refractivity contribution >= 4 is 56.8 Å². The van der Waals surface area contributed by atoms with Gasteiger partial charge in [0, 0.05) is 40.7 Å². The molecule has 0 aromatic carbocycles. The van der Waals surface area contributed by atoms with Gasteiger partial charge in [-0.2, -0.15) is 0 Å². The molecule has 3 aromatic rings. The van der Waals surface area contributed by atoms with E-state index in [0.717, 1.165) is 39.4 Å². The third-order valence-electron chi connectivity index (χ3n) is 3.80. The zero-order valence-electron chi connectivity index (χ0n) is 12.4. The van der Waals surface area contributed by atoms with Crippen molar-refractivity contribution in [3.8, 4) is 0 Å². The molecule has 1 aliphatic rings. The highest BCUT2D eigenvalue weighted by Gasteiger charge is 2.25. The lowest BCUT2D eigenvalue weighted by Gasteiger charge is -2.08. The van der Waals surface area contributed by atoms with E-state index in [4.69, 9.17) is 23.2 Å². The molecule has 4 rings (SSSR count). The maximum absolute atomic E-state index is 6.33. The number of nitrogens with zero attached hydrogens (tertiary/aromatic N) is 3. The van der Waals surface area contributed by atoms with Crippen LogP contribution in [0.1, 0.15) is 21.4 Å². The van der Waals surface area contributed by atoms with Crippen molar-refractivity contribution in [2.24, 2.45) is 0 Å². The summed E-state index contributed by atoms with van der Waals surface area (Å²) in [6, 6.07) is 1.98. The Morgan fingerprint density at radius 3 is 3.08 bits per heavy atom. The number of hydrogen-bond donors (Lipinski definition) is 2. The van der Waals surface area contributed by atoms with Crippen LogP contribution in [0.15, 0.2) is 23.8 Å². The van der Waals surface area contributed by atoms with E-state index < -0.39 is 0 Å². The van der Waals surface area contributed by atoms with Crippen molar-refractivity contribution < 1.29 is 0 Å². The minimum Gasteiger partial charge on any atom is -0.369 e. The van der Waals surface area contributed by atoms with E-state index in [1.165, 1.54) is 0 Å². The van der Waals surface area contributed by atoms with Gasteiger partial charge in [-0.1, -0.05) is 23.2 Å². The Kier molecular flexibility index (Phi) is 4.58. The fourth-order valence-electron chi connectivity index (χ4n) is 2.68. The first-order chi connectivity index (χ1) is 11.7. The molecule has 1 unspecified atom stereocenters. The zero-order valence-corrected chi connectivity index (χ0v) is 15.6. The van der Waals surface area contributed by atoms with E-state index >= 15 is 0 Å². The molecule has 0 fully saturated rings. The molecule has 0 aliphatic carbocycles. The molecule has 24 heavy (non-hydrogen) atoms. The topological polar surface area (TPSA) is 62.7 Å². The minimum atomic E-state index is 0.302. The van der Waals surface area contributed by atoms with Crippen LogP contribution in [0.25, 0.3) is 0 Å². The lowest BCUT2D eigenvalue weighted by atomic mass is 9.99. The zero-order chi connectivity index (χ0) is 16.5. The summed E-state index contributed by atoms with van der Waals surface area (Å²) in [5.41, 5.74) is 1.14. The fourth-order valence-corrected chi connectivity index (χ4v) is 4.65. The Bertz CT molecular complexity index is 850. The van der Waals surface area contributed by atoms with E-state index in [-0.39, 0.29) is 0 Å². The third kappa shape index (κ3) is 3.35. The number of anilines is 2. The Labute approximate surface area is 157 Å². The van der Waals surface area contributed by atoms with Crippen LogP contribution in [-0.2, 0) is 13.0 Å². The summed E-state index contributed by atoms with van der Waals surface area (Å²) < 4.78 is 0. The molecule has 2 N–H and O–H groups in total. The van der Waals surface area contributed by atoms with Gasteiger partial charge in [0.1, 0.15) is 16.0 Å². The predicted molar refractivity (Wildman–Crippen MR) is 101 cm³/mol. The predicted octanol–water partition coefficient (Wildman–Crippen LogP) is 4.67. The van der Waals surface area contributed by atoms with Crippen LogP contribution in [0.3, 0.4) is 0 Å². The van der Waals surface area contributed by atoms with Gasteiger partial charge < -0.3 is 10.6 Å². The van der Waals surface area contributed by atoms with Crippen LogP contribution in [0, 0.1) is 0 Å². The van der Waals surface area contributed by atoms with Gasteiger partial charge >= 0.3 is 0 Å². The van der Waals surface area contributed by atoms with Gasteiger partial charge in [-0.05, 0) is 12.5 Å². The number of rotatable bonds is 5. The van der Waals surface area contributed by atoms with E-state index in [9.17, 15) is 0 Å². The normalized spacial score (nSPS) is 16.0. The van der Waals surface area contributed by atoms with Crippen LogP contribution >= 0.6 is 45.9 Å². The van der Waals surface area contributed by atoms with Crippen LogP contribution in [-0.4, -0.2) is 21.5 Å². The second-order valence-corrected chi connectivity index (χ2v) is 8.24. The highest BCUT2D eigenvalue weighted by Crippen LogP contribution is 2.37. The summed E-state index contributed by atoms with van der Waals surface area (Å²) in [5.74, 6) is 1.21. The molecule has 0 spiro atoms. The molecule has 1 atom stereocenters. The van der Waals surface area contributed by atoms with Gasteiger partial charge in [0.15, 0.2) is 5.13 Å². The van der Waals surface area contributed by atoms with Crippen LogP contribution in [0.5, 0.6) is 0 Å². The Hall–Kier alpha value is -1.41. The van der Waals surface area contributed by atoms with E-state index in [1.807, 2.05) is 11.4 Å². The smallest absolute Gasteiger partial charge is 0.184 e. The van der Waals surface area contributed by atoms with Gasteiger partial charge in [-0.3, -0.25) is 0 Å². The molecular formula is C15H13Cl2N5S2.